The maximum atomic E-state index is 11.5. The lowest BCUT2D eigenvalue weighted by atomic mass is 10.3. The van der Waals surface area contributed by atoms with Crippen LogP contribution >= 0.6 is 11.6 Å². The van der Waals surface area contributed by atoms with Gasteiger partial charge in [-0.15, -0.1) is 0 Å². The number of aliphatic imine (C=N–C) groups is 1. The van der Waals surface area contributed by atoms with Crippen molar-refractivity contribution in [3.8, 4) is 5.75 Å². The Labute approximate surface area is 171 Å². The first-order valence-corrected chi connectivity index (χ1v) is 11.2. The third-order valence-electron chi connectivity index (χ3n) is 4.04. The van der Waals surface area contributed by atoms with E-state index in [0.29, 0.717) is 30.5 Å². The average Bonchev–Trinajstić information content (AvgIpc) is 2.94. The Balaban J connectivity index is 1.92. The molecule has 2 aromatic rings. The van der Waals surface area contributed by atoms with Crippen molar-refractivity contribution in [3.63, 3.8) is 0 Å². The summed E-state index contributed by atoms with van der Waals surface area (Å²) >= 11 is 6.05. The molecule has 0 atom stereocenters. The number of nitrogens with one attached hydrogen (secondary N) is 1. The van der Waals surface area contributed by atoms with Crippen LogP contribution in [-0.2, 0) is 23.4 Å². The average molecular weight is 427 g/mol. The SMILES string of the molecule is CCNC(=NCCOc1ccc(S(C)(=O)=O)cc1)N(C)Cc1cc(Cl)cn1C. The Morgan fingerprint density at radius 2 is 2.00 bits per heavy atom. The summed E-state index contributed by atoms with van der Waals surface area (Å²) in [6.07, 6.45) is 3.05. The van der Waals surface area contributed by atoms with Gasteiger partial charge in [-0.1, -0.05) is 11.6 Å². The number of hydrogen-bond acceptors (Lipinski definition) is 4. The molecule has 0 fully saturated rings. The van der Waals surface area contributed by atoms with Crippen LogP contribution in [0.3, 0.4) is 0 Å². The topological polar surface area (TPSA) is 75.9 Å². The third-order valence-corrected chi connectivity index (χ3v) is 5.38. The first kappa shape index (κ1) is 22.1. The highest BCUT2D eigenvalue weighted by Crippen LogP contribution is 2.16. The first-order valence-electron chi connectivity index (χ1n) is 8.93. The van der Waals surface area contributed by atoms with E-state index in [-0.39, 0.29) is 4.90 Å². The van der Waals surface area contributed by atoms with E-state index in [9.17, 15) is 8.42 Å². The molecule has 0 aliphatic rings. The van der Waals surface area contributed by atoms with Gasteiger partial charge in [-0.25, -0.2) is 13.4 Å². The van der Waals surface area contributed by atoms with Gasteiger partial charge in [-0.3, -0.25) is 0 Å². The van der Waals surface area contributed by atoms with Crippen molar-refractivity contribution in [3.05, 3.63) is 47.2 Å². The summed E-state index contributed by atoms with van der Waals surface area (Å²) in [4.78, 5) is 6.88. The van der Waals surface area contributed by atoms with E-state index in [1.807, 2.05) is 42.7 Å². The van der Waals surface area contributed by atoms with Crippen molar-refractivity contribution >= 4 is 27.4 Å². The van der Waals surface area contributed by atoms with Gasteiger partial charge in [0.15, 0.2) is 15.8 Å². The second-order valence-corrected chi connectivity index (χ2v) is 8.90. The molecule has 0 radical (unpaired) electrons. The van der Waals surface area contributed by atoms with E-state index in [1.54, 1.807) is 12.1 Å². The van der Waals surface area contributed by atoms with Gasteiger partial charge in [0.25, 0.3) is 0 Å². The number of aryl methyl sites for hydroxylation is 1. The minimum atomic E-state index is -3.20. The molecule has 1 aromatic carbocycles. The normalized spacial score (nSPS) is 12.1. The van der Waals surface area contributed by atoms with Crippen LogP contribution in [0.2, 0.25) is 5.02 Å². The number of rotatable bonds is 8. The fourth-order valence-corrected chi connectivity index (χ4v) is 3.51. The number of sulfone groups is 1. The van der Waals surface area contributed by atoms with Crippen molar-refractivity contribution in [1.29, 1.82) is 0 Å². The number of ether oxygens (including phenoxy) is 1. The van der Waals surface area contributed by atoms with Gasteiger partial charge >= 0.3 is 0 Å². The number of guanidine groups is 1. The van der Waals surface area contributed by atoms with Crippen LogP contribution < -0.4 is 10.1 Å². The quantitative estimate of drug-likeness (QED) is 0.399. The molecule has 0 aliphatic heterocycles. The molecule has 7 nitrogen and oxygen atoms in total. The Morgan fingerprint density at radius 3 is 2.54 bits per heavy atom. The molecule has 9 heteroatoms. The highest BCUT2D eigenvalue weighted by molar-refractivity contribution is 7.90. The van der Waals surface area contributed by atoms with E-state index in [4.69, 9.17) is 16.3 Å². The van der Waals surface area contributed by atoms with Gasteiger partial charge in [0.05, 0.1) is 23.0 Å². The van der Waals surface area contributed by atoms with Crippen LogP contribution in [0.25, 0.3) is 0 Å². The minimum Gasteiger partial charge on any atom is -0.492 e. The van der Waals surface area contributed by atoms with Crippen molar-refractivity contribution in [2.45, 2.75) is 18.4 Å². The zero-order valence-electron chi connectivity index (χ0n) is 16.6. The highest BCUT2D eigenvalue weighted by atomic mass is 35.5. The standard InChI is InChI=1S/C19H27ClN4O3S/c1-5-21-19(24(3)14-16-12-15(20)13-23(16)2)22-10-11-27-17-6-8-18(9-7-17)28(4,25)26/h6-9,12-13H,5,10-11,14H2,1-4H3,(H,21,22). The van der Waals surface area contributed by atoms with Crippen LogP contribution in [0, 0.1) is 0 Å². The van der Waals surface area contributed by atoms with Crippen LogP contribution in [0.15, 0.2) is 46.4 Å². The summed E-state index contributed by atoms with van der Waals surface area (Å²) in [6.45, 7) is 4.29. The van der Waals surface area contributed by atoms with Gasteiger partial charge in [-0.2, -0.15) is 0 Å². The molecule has 1 heterocycles. The Kier molecular flexibility index (Phi) is 7.77. The van der Waals surface area contributed by atoms with Crippen molar-refractivity contribution in [2.75, 3.05) is 33.0 Å². The summed E-state index contributed by atoms with van der Waals surface area (Å²) in [6, 6.07) is 8.31. The molecule has 28 heavy (non-hydrogen) atoms. The molecule has 0 bridgehead atoms. The van der Waals surface area contributed by atoms with Gasteiger partial charge in [0.1, 0.15) is 12.4 Å². The third kappa shape index (κ3) is 6.45. The zero-order valence-corrected chi connectivity index (χ0v) is 18.2. The Morgan fingerprint density at radius 1 is 1.32 bits per heavy atom. The van der Waals surface area contributed by atoms with Crippen molar-refractivity contribution < 1.29 is 13.2 Å². The number of nitrogens with zero attached hydrogens (tertiary/aromatic N) is 3. The fraction of sp³-hybridized carbons (Fsp3) is 0.421. The summed E-state index contributed by atoms with van der Waals surface area (Å²) in [5, 5.41) is 3.97. The van der Waals surface area contributed by atoms with E-state index in [2.05, 4.69) is 10.3 Å². The Bertz CT molecular complexity index is 908. The molecule has 0 saturated carbocycles. The van der Waals surface area contributed by atoms with E-state index in [1.165, 1.54) is 18.4 Å². The summed E-state index contributed by atoms with van der Waals surface area (Å²) in [5.74, 6) is 1.38. The van der Waals surface area contributed by atoms with Crippen LogP contribution in [0.1, 0.15) is 12.6 Å². The molecule has 0 spiro atoms. The monoisotopic (exact) mass is 426 g/mol. The molecule has 2 rings (SSSR count). The fourth-order valence-electron chi connectivity index (χ4n) is 2.61. The molecule has 0 aliphatic carbocycles. The van der Waals surface area contributed by atoms with Crippen molar-refractivity contribution in [1.82, 2.24) is 14.8 Å². The molecule has 0 unspecified atom stereocenters. The first-order chi connectivity index (χ1) is 13.2. The second-order valence-electron chi connectivity index (χ2n) is 6.44. The lowest BCUT2D eigenvalue weighted by Crippen LogP contribution is -2.39. The predicted molar refractivity (Wildman–Crippen MR) is 113 cm³/mol. The molecule has 0 saturated heterocycles. The van der Waals surface area contributed by atoms with Gasteiger partial charge < -0.3 is 19.5 Å². The van der Waals surface area contributed by atoms with Gasteiger partial charge in [0, 0.05) is 38.8 Å². The minimum absolute atomic E-state index is 0.273. The summed E-state index contributed by atoms with van der Waals surface area (Å²) in [5.41, 5.74) is 1.08. The van der Waals surface area contributed by atoms with E-state index in [0.717, 1.165) is 18.2 Å². The van der Waals surface area contributed by atoms with Crippen LogP contribution in [-0.4, -0.2) is 56.8 Å². The molecule has 1 aromatic heterocycles. The van der Waals surface area contributed by atoms with E-state index >= 15 is 0 Å². The maximum Gasteiger partial charge on any atom is 0.194 e. The summed E-state index contributed by atoms with van der Waals surface area (Å²) < 4.78 is 30.6. The lowest BCUT2D eigenvalue weighted by Gasteiger charge is -2.22. The number of hydrogen-bond donors (Lipinski definition) is 1. The highest BCUT2D eigenvalue weighted by Gasteiger charge is 2.10. The number of halogens is 1. The smallest absolute Gasteiger partial charge is 0.194 e. The molecule has 154 valence electrons. The number of benzene rings is 1. The van der Waals surface area contributed by atoms with E-state index < -0.39 is 9.84 Å². The molecular weight excluding hydrogens is 400 g/mol. The summed E-state index contributed by atoms with van der Waals surface area (Å²) in [7, 11) is 0.725. The maximum absolute atomic E-state index is 11.5. The number of aromatic nitrogens is 1. The largest absolute Gasteiger partial charge is 0.492 e. The zero-order chi connectivity index (χ0) is 20.7. The van der Waals surface area contributed by atoms with Gasteiger partial charge in [0.2, 0.25) is 0 Å². The molecule has 1 N–H and O–H groups in total. The molecular formula is C19H27ClN4O3S. The van der Waals surface area contributed by atoms with Crippen LogP contribution in [0.5, 0.6) is 5.75 Å². The second kappa shape index (κ2) is 9.84. The lowest BCUT2D eigenvalue weighted by molar-refractivity contribution is 0.327. The van der Waals surface area contributed by atoms with Crippen LogP contribution in [0.4, 0.5) is 0 Å². The Hall–Kier alpha value is -2.19. The molecule has 0 amide bonds. The van der Waals surface area contributed by atoms with Crippen molar-refractivity contribution in [2.24, 2.45) is 12.0 Å². The predicted octanol–water partition coefficient (Wildman–Crippen LogP) is 2.56. The van der Waals surface area contributed by atoms with Gasteiger partial charge in [-0.05, 0) is 37.3 Å².